The Morgan fingerprint density at radius 1 is 1.45 bits per heavy atom. The fraction of sp³-hybridized carbons (Fsp3) is 0.333. The summed E-state index contributed by atoms with van der Waals surface area (Å²) in [6.07, 6.45) is 1.86. The molecule has 0 atom stereocenters. The van der Waals surface area contributed by atoms with Crippen molar-refractivity contribution in [2.45, 2.75) is 19.9 Å². The average molecular weight is 341 g/mol. The summed E-state index contributed by atoms with van der Waals surface area (Å²) in [6.45, 7) is 2.92. The summed E-state index contributed by atoms with van der Waals surface area (Å²) in [5.74, 6) is -0.224. The van der Waals surface area contributed by atoms with Gasteiger partial charge in [0.2, 0.25) is 0 Å². The summed E-state index contributed by atoms with van der Waals surface area (Å²) in [6, 6.07) is 5.36. The van der Waals surface area contributed by atoms with Gasteiger partial charge in [-0.1, -0.05) is 11.6 Å². The zero-order chi connectivity index (χ0) is 16.1. The molecule has 0 unspecified atom stereocenters. The van der Waals surface area contributed by atoms with Gasteiger partial charge < -0.3 is 15.0 Å². The van der Waals surface area contributed by atoms with Crippen molar-refractivity contribution in [1.82, 2.24) is 9.88 Å². The molecule has 2 N–H and O–H groups in total. The summed E-state index contributed by atoms with van der Waals surface area (Å²) in [7, 11) is 0. The predicted molar refractivity (Wildman–Crippen MR) is 87.6 cm³/mol. The van der Waals surface area contributed by atoms with E-state index in [2.05, 4.69) is 4.98 Å². The smallest absolute Gasteiger partial charge is 0.266 e. The molecular formula is C15H17ClN2O3S. The van der Waals surface area contributed by atoms with Crippen LogP contribution in [0.15, 0.2) is 29.2 Å². The van der Waals surface area contributed by atoms with E-state index in [4.69, 9.17) is 16.7 Å². The van der Waals surface area contributed by atoms with Crippen LogP contribution < -0.4 is 5.56 Å². The summed E-state index contributed by atoms with van der Waals surface area (Å²) in [4.78, 5) is 30.2. The average Bonchev–Trinajstić information content (AvgIpc) is 2.91. The number of aryl methyl sites for hydroxylation is 1. The molecule has 0 aliphatic rings. The Bertz CT molecular complexity index is 711. The highest BCUT2D eigenvalue weighted by Crippen LogP contribution is 2.19. The number of halogens is 1. The lowest BCUT2D eigenvalue weighted by Crippen LogP contribution is -2.32. The molecule has 1 amide bonds. The largest absolute Gasteiger partial charge is 0.396 e. The number of thiophene rings is 1. The normalized spacial score (nSPS) is 10.7. The Hall–Kier alpha value is -1.63. The van der Waals surface area contributed by atoms with Gasteiger partial charge in [-0.25, -0.2) is 0 Å². The van der Waals surface area contributed by atoms with Crippen molar-refractivity contribution < 1.29 is 9.90 Å². The molecule has 0 fully saturated rings. The zero-order valence-electron chi connectivity index (χ0n) is 12.1. The molecule has 0 saturated carbocycles. The SMILES string of the molecule is Cc1ccc(CN(CCCO)C(=O)c2c[nH]c(=O)c(Cl)c2)s1. The van der Waals surface area contributed by atoms with E-state index in [0.29, 0.717) is 25.1 Å². The van der Waals surface area contributed by atoms with Gasteiger partial charge in [0.25, 0.3) is 11.5 Å². The highest BCUT2D eigenvalue weighted by Gasteiger charge is 2.17. The van der Waals surface area contributed by atoms with E-state index in [-0.39, 0.29) is 17.5 Å². The predicted octanol–water partition coefficient (Wildman–Crippen LogP) is 2.42. The van der Waals surface area contributed by atoms with Crippen molar-refractivity contribution in [1.29, 1.82) is 0 Å². The third-order valence-electron chi connectivity index (χ3n) is 3.12. The van der Waals surface area contributed by atoms with Crippen molar-refractivity contribution in [2.75, 3.05) is 13.2 Å². The van der Waals surface area contributed by atoms with Gasteiger partial charge in [-0.3, -0.25) is 9.59 Å². The first-order chi connectivity index (χ1) is 10.5. The van der Waals surface area contributed by atoms with E-state index in [0.717, 1.165) is 4.88 Å². The maximum Gasteiger partial charge on any atom is 0.266 e. The molecule has 0 bridgehead atoms. The van der Waals surface area contributed by atoms with Crippen molar-refractivity contribution in [3.63, 3.8) is 0 Å². The standard InChI is InChI=1S/C15H17ClN2O3S/c1-10-3-4-12(22-10)9-18(5-2-6-19)15(21)11-7-13(16)14(20)17-8-11/h3-4,7-8,19H,2,5-6,9H2,1H3,(H,17,20). The third-order valence-corrected chi connectivity index (χ3v) is 4.39. The summed E-state index contributed by atoms with van der Waals surface area (Å²) < 4.78 is 0. The van der Waals surface area contributed by atoms with Gasteiger partial charge in [0.1, 0.15) is 5.02 Å². The molecule has 2 aromatic heterocycles. The summed E-state index contributed by atoms with van der Waals surface area (Å²) in [5.41, 5.74) is -0.0928. The van der Waals surface area contributed by atoms with Crippen LogP contribution in [0.2, 0.25) is 5.02 Å². The van der Waals surface area contributed by atoms with Crippen molar-refractivity contribution in [3.05, 3.63) is 55.1 Å². The molecule has 2 aromatic rings. The first-order valence-electron chi connectivity index (χ1n) is 6.85. The van der Waals surface area contributed by atoms with Gasteiger partial charge in [0, 0.05) is 29.1 Å². The molecule has 0 radical (unpaired) electrons. The van der Waals surface area contributed by atoms with E-state index in [1.54, 1.807) is 16.2 Å². The van der Waals surface area contributed by atoms with Crippen molar-refractivity contribution in [2.24, 2.45) is 0 Å². The van der Waals surface area contributed by atoms with Crippen LogP contribution in [0.1, 0.15) is 26.5 Å². The van der Waals surface area contributed by atoms with Crippen molar-refractivity contribution in [3.8, 4) is 0 Å². The van der Waals surface area contributed by atoms with Gasteiger partial charge in [0.05, 0.1) is 12.1 Å². The third kappa shape index (κ3) is 4.19. The Balaban J connectivity index is 2.21. The zero-order valence-corrected chi connectivity index (χ0v) is 13.7. The van der Waals surface area contributed by atoms with Gasteiger partial charge in [0.15, 0.2) is 0 Å². The maximum absolute atomic E-state index is 12.6. The molecule has 0 aromatic carbocycles. The minimum atomic E-state index is -0.422. The Morgan fingerprint density at radius 2 is 2.23 bits per heavy atom. The van der Waals surface area contributed by atoms with Crippen LogP contribution in [0.5, 0.6) is 0 Å². The number of nitrogens with one attached hydrogen (secondary N) is 1. The first kappa shape index (κ1) is 16.7. The quantitative estimate of drug-likeness (QED) is 0.848. The van der Waals surface area contributed by atoms with Crippen LogP contribution in [0.25, 0.3) is 0 Å². The molecule has 2 rings (SSSR count). The number of rotatable bonds is 6. The molecule has 0 spiro atoms. The lowest BCUT2D eigenvalue weighted by Gasteiger charge is -2.22. The number of hydrogen-bond acceptors (Lipinski definition) is 4. The minimum Gasteiger partial charge on any atom is -0.396 e. The fourth-order valence-corrected chi connectivity index (χ4v) is 3.11. The molecule has 5 nitrogen and oxygen atoms in total. The summed E-state index contributed by atoms with van der Waals surface area (Å²) in [5, 5.41) is 9.00. The number of amides is 1. The van der Waals surface area contributed by atoms with Crippen LogP contribution in [-0.2, 0) is 6.54 Å². The van der Waals surface area contributed by atoms with Crippen LogP contribution in [0.3, 0.4) is 0 Å². The fourth-order valence-electron chi connectivity index (χ4n) is 2.03. The van der Waals surface area contributed by atoms with Crippen LogP contribution >= 0.6 is 22.9 Å². The second kappa shape index (κ2) is 7.58. The van der Waals surface area contributed by atoms with Crippen LogP contribution in [0.4, 0.5) is 0 Å². The van der Waals surface area contributed by atoms with E-state index in [1.165, 1.54) is 17.1 Å². The number of hydrogen-bond donors (Lipinski definition) is 2. The van der Waals surface area contributed by atoms with E-state index in [1.807, 2.05) is 19.1 Å². The molecule has 0 saturated heterocycles. The number of aromatic amines is 1. The monoisotopic (exact) mass is 340 g/mol. The number of carbonyl (C=O) groups is 1. The number of aromatic nitrogens is 1. The Labute approximate surface area is 137 Å². The van der Waals surface area contributed by atoms with Gasteiger partial charge in [-0.05, 0) is 31.5 Å². The second-order valence-electron chi connectivity index (χ2n) is 4.88. The van der Waals surface area contributed by atoms with E-state index < -0.39 is 5.56 Å². The maximum atomic E-state index is 12.6. The number of aliphatic hydroxyl groups is 1. The van der Waals surface area contributed by atoms with Gasteiger partial charge >= 0.3 is 0 Å². The molecule has 118 valence electrons. The number of aliphatic hydroxyl groups excluding tert-OH is 1. The van der Waals surface area contributed by atoms with Gasteiger partial charge in [-0.2, -0.15) is 0 Å². The Kier molecular flexibility index (Phi) is 5.76. The second-order valence-corrected chi connectivity index (χ2v) is 6.66. The first-order valence-corrected chi connectivity index (χ1v) is 8.04. The highest BCUT2D eigenvalue weighted by atomic mass is 35.5. The van der Waals surface area contributed by atoms with Crippen LogP contribution in [0, 0.1) is 6.92 Å². The number of pyridine rings is 1. The topological polar surface area (TPSA) is 73.4 Å². The van der Waals surface area contributed by atoms with Gasteiger partial charge in [-0.15, -0.1) is 11.3 Å². The highest BCUT2D eigenvalue weighted by molar-refractivity contribution is 7.11. The molecule has 2 heterocycles. The molecular weight excluding hydrogens is 324 g/mol. The van der Waals surface area contributed by atoms with E-state index in [9.17, 15) is 9.59 Å². The number of H-pyrrole nitrogens is 1. The molecule has 0 aliphatic heterocycles. The van der Waals surface area contributed by atoms with Crippen LogP contribution in [-0.4, -0.2) is 34.0 Å². The summed E-state index contributed by atoms with van der Waals surface area (Å²) >= 11 is 7.41. The lowest BCUT2D eigenvalue weighted by atomic mass is 10.2. The van der Waals surface area contributed by atoms with E-state index >= 15 is 0 Å². The number of nitrogens with zero attached hydrogens (tertiary/aromatic N) is 1. The molecule has 22 heavy (non-hydrogen) atoms. The lowest BCUT2D eigenvalue weighted by molar-refractivity contribution is 0.0733. The minimum absolute atomic E-state index is 0.0135. The number of carbonyl (C=O) groups excluding carboxylic acids is 1. The molecule has 0 aliphatic carbocycles. The molecule has 7 heteroatoms. The Morgan fingerprint density at radius 3 is 2.82 bits per heavy atom. The van der Waals surface area contributed by atoms with Crippen molar-refractivity contribution >= 4 is 28.8 Å².